The van der Waals surface area contributed by atoms with Crippen molar-refractivity contribution < 1.29 is 4.79 Å². The van der Waals surface area contributed by atoms with Gasteiger partial charge in [0.25, 0.3) is 0 Å². The van der Waals surface area contributed by atoms with Gasteiger partial charge in [0.1, 0.15) is 23.1 Å². The smallest absolute Gasteiger partial charge is 0.247 e. The first-order valence-corrected chi connectivity index (χ1v) is 9.50. The van der Waals surface area contributed by atoms with Crippen molar-refractivity contribution in [2.75, 3.05) is 16.0 Å². The van der Waals surface area contributed by atoms with Crippen LogP contribution in [-0.4, -0.2) is 32.1 Å². The van der Waals surface area contributed by atoms with Gasteiger partial charge in [-0.1, -0.05) is 55.5 Å². The molecule has 0 saturated heterocycles. The van der Waals surface area contributed by atoms with Gasteiger partial charge in [-0.3, -0.25) is 4.79 Å². The van der Waals surface area contributed by atoms with Crippen molar-refractivity contribution in [1.29, 1.82) is 0 Å². The molecule has 27 heavy (non-hydrogen) atoms. The van der Waals surface area contributed by atoms with Crippen molar-refractivity contribution in [1.82, 2.24) is 20.2 Å². The standard InChI is InChI=1S/C18H19N7OS/c1-10(2)8-12-16(26)22-13-14(21-12)19-9-20-15(13)23-18-25-24-17(27-18)11-6-4-3-5-7-11/h3-7,9-10,12H,8H2,1-2H3,(H,22,26)(H2,19,20,21,23,25). The molecule has 138 valence electrons. The van der Waals surface area contributed by atoms with Gasteiger partial charge < -0.3 is 16.0 Å². The van der Waals surface area contributed by atoms with Crippen LogP contribution in [0.15, 0.2) is 36.7 Å². The van der Waals surface area contributed by atoms with Crippen LogP contribution in [0.5, 0.6) is 0 Å². The fourth-order valence-corrected chi connectivity index (χ4v) is 3.61. The molecule has 0 fully saturated rings. The number of amides is 1. The largest absolute Gasteiger partial charge is 0.356 e. The van der Waals surface area contributed by atoms with Crippen LogP contribution in [0.3, 0.4) is 0 Å². The maximum absolute atomic E-state index is 12.4. The molecule has 3 aromatic rings. The topological polar surface area (TPSA) is 105 Å². The molecule has 9 heteroatoms. The van der Waals surface area contributed by atoms with Gasteiger partial charge in [0.15, 0.2) is 11.6 Å². The Hall–Kier alpha value is -3.07. The highest BCUT2D eigenvalue weighted by atomic mass is 32.1. The second kappa shape index (κ2) is 7.28. The number of hydrogen-bond acceptors (Lipinski definition) is 8. The number of nitrogens with one attached hydrogen (secondary N) is 3. The number of benzene rings is 1. The summed E-state index contributed by atoms with van der Waals surface area (Å²) >= 11 is 1.41. The van der Waals surface area contributed by atoms with E-state index in [0.717, 1.165) is 17.0 Å². The van der Waals surface area contributed by atoms with Crippen LogP contribution in [0, 0.1) is 5.92 Å². The Morgan fingerprint density at radius 1 is 1.19 bits per heavy atom. The van der Waals surface area contributed by atoms with Crippen molar-refractivity contribution in [2.45, 2.75) is 26.3 Å². The lowest BCUT2D eigenvalue weighted by atomic mass is 10.0. The van der Waals surface area contributed by atoms with Crippen LogP contribution >= 0.6 is 11.3 Å². The monoisotopic (exact) mass is 381 g/mol. The summed E-state index contributed by atoms with van der Waals surface area (Å²) in [7, 11) is 0. The Kier molecular flexibility index (Phi) is 4.68. The quantitative estimate of drug-likeness (QED) is 0.621. The Bertz CT molecular complexity index is 957. The molecule has 0 radical (unpaired) electrons. The summed E-state index contributed by atoms with van der Waals surface area (Å²) < 4.78 is 0. The molecule has 1 aliphatic heterocycles. The van der Waals surface area contributed by atoms with Gasteiger partial charge in [-0.25, -0.2) is 9.97 Å². The van der Waals surface area contributed by atoms with Crippen molar-refractivity contribution in [3.8, 4) is 10.6 Å². The average Bonchev–Trinajstić information content (AvgIpc) is 3.12. The first-order valence-electron chi connectivity index (χ1n) is 8.68. The third kappa shape index (κ3) is 3.72. The van der Waals surface area contributed by atoms with Gasteiger partial charge in [0, 0.05) is 5.56 Å². The Balaban J connectivity index is 1.56. The normalized spacial score (nSPS) is 15.8. The van der Waals surface area contributed by atoms with Crippen molar-refractivity contribution in [3.05, 3.63) is 36.7 Å². The minimum Gasteiger partial charge on any atom is -0.356 e. The van der Waals surface area contributed by atoms with Crippen molar-refractivity contribution in [3.63, 3.8) is 0 Å². The zero-order valence-electron chi connectivity index (χ0n) is 14.9. The van der Waals surface area contributed by atoms with E-state index in [0.29, 0.717) is 28.4 Å². The summed E-state index contributed by atoms with van der Waals surface area (Å²) in [4.78, 5) is 20.9. The molecular formula is C18H19N7OS. The third-order valence-electron chi connectivity index (χ3n) is 4.10. The van der Waals surface area contributed by atoms with Gasteiger partial charge in [0.2, 0.25) is 11.0 Å². The van der Waals surface area contributed by atoms with Crippen LogP contribution in [0.4, 0.5) is 22.5 Å². The predicted molar refractivity (Wildman–Crippen MR) is 106 cm³/mol. The highest BCUT2D eigenvalue weighted by Gasteiger charge is 2.29. The molecule has 4 rings (SSSR count). The fourth-order valence-electron chi connectivity index (χ4n) is 2.86. The molecule has 0 aliphatic carbocycles. The average molecular weight is 381 g/mol. The Morgan fingerprint density at radius 2 is 2.00 bits per heavy atom. The molecule has 1 aromatic carbocycles. The zero-order chi connectivity index (χ0) is 18.8. The fraction of sp³-hybridized carbons (Fsp3) is 0.278. The minimum atomic E-state index is -0.300. The number of nitrogens with zero attached hydrogens (tertiary/aromatic N) is 4. The number of rotatable bonds is 5. The molecular weight excluding hydrogens is 362 g/mol. The van der Waals surface area contributed by atoms with Gasteiger partial charge >= 0.3 is 0 Å². The number of aromatic nitrogens is 4. The number of carbonyl (C=O) groups excluding carboxylic acids is 1. The summed E-state index contributed by atoms with van der Waals surface area (Å²) in [6, 6.07) is 9.54. The van der Waals surface area contributed by atoms with Crippen LogP contribution in [0.25, 0.3) is 10.6 Å². The van der Waals surface area contributed by atoms with Gasteiger partial charge in [-0.05, 0) is 12.3 Å². The molecule has 3 heterocycles. The third-order valence-corrected chi connectivity index (χ3v) is 4.99. The second-order valence-corrected chi connectivity index (χ2v) is 7.64. The van der Waals surface area contributed by atoms with Gasteiger partial charge in [0.05, 0.1) is 0 Å². The van der Waals surface area contributed by atoms with Crippen LogP contribution in [0.1, 0.15) is 20.3 Å². The van der Waals surface area contributed by atoms with E-state index >= 15 is 0 Å². The molecule has 1 amide bonds. The number of hydrogen-bond donors (Lipinski definition) is 3. The lowest BCUT2D eigenvalue weighted by Gasteiger charge is -2.27. The van der Waals surface area contributed by atoms with Crippen LogP contribution in [-0.2, 0) is 4.79 Å². The number of anilines is 4. The van der Waals surface area contributed by atoms with E-state index < -0.39 is 0 Å². The highest BCUT2D eigenvalue weighted by Crippen LogP contribution is 2.35. The highest BCUT2D eigenvalue weighted by molar-refractivity contribution is 7.18. The summed E-state index contributed by atoms with van der Waals surface area (Å²) in [5.74, 6) is 1.40. The molecule has 1 aliphatic rings. The lowest BCUT2D eigenvalue weighted by Crippen LogP contribution is -2.40. The summed E-state index contributed by atoms with van der Waals surface area (Å²) in [5, 5.41) is 19.0. The van der Waals surface area contributed by atoms with E-state index in [1.165, 1.54) is 17.7 Å². The number of fused-ring (bicyclic) bond motifs is 1. The Morgan fingerprint density at radius 3 is 2.78 bits per heavy atom. The Labute approximate surface area is 160 Å². The van der Waals surface area contributed by atoms with E-state index in [9.17, 15) is 4.79 Å². The van der Waals surface area contributed by atoms with E-state index in [4.69, 9.17) is 0 Å². The molecule has 0 saturated carbocycles. The first-order chi connectivity index (χ1) is 13.1. The molecule has 8 nitrogen and oxygen atoms in total. The lowest BCUT2D eigenvalue weighted by molar-refractivity contribution is -0.117. The van der Waals surface area contributed by atoms with Crippen LogP contribution < -0.4 is 16.0 Å². The molecule has 1 atom stereocenters. The zero-order valence-corrected chi connectivity index (χ0v) is 15.7. The van der Waals surface area contributed by atoms with Crippen molar-refractivity contribution in [2.24, 2.45) is 5.92 Å². The minimum absolute atomic E-state index is 0.0868. The van der Waals surface area contributed by atoms with E-state index in [-0.39, 0.29) is 11.9 Å². The SMILES string of the molecule is CC(C)CC1Nc2ncnc(Nc3nnc(-c4ccccc4)s3)c2NC1=O. The second-order valence-electron chi connectivity index (χ2n) is 6.66. The molecule has 3 N–H and O–H groups in total. The maximum Gasteiger partial charge on any atom is 0.247 e. The molecule has 2 aromatic heterocycles. The van der Waals surface area contributed by atoms with Crippen molar-refractivity contribution >= 4 is 39.7 Å². The summed E-state index contributed by atoms with van der Waals surface area (Å²) in [6.07, 6.45) is 2.19. The van der Waals surface area contributed by atoms with E-state index in [1.807, 2.05) is 30.3 Å². The van der Waals surface area contributed by atoms with Crippen LogP contribution in [0.2, 0.25) is 0 Å². The molecule has 0 spiro atoms. The first kappa shape index (κ1) is 17.3. The van der Waals surface area contributed by atoms with E-state index in [1.54, 1.807) is 0 Å². The van der Waals surface area contributed by atoms with Gasteiger partial charge in [-0.15, -0.1) is 10.2 Å². The predicted octanol–water partition coefficient (Wildman–Crippen LogP) is 3.52. The van der Waals surface area contributed by atoms with E-state index in [2.05, 4.69) is 50.0 Å². The summed E-state index contributed by atoms with van der Waals surface area (Å²) in [5.41, 5.74) is 1.53. The summed E-state index contributed by atoms with van der Waals surface area (Å²) in [6.45, 7) is 4.16. The number of carbonyl (C=O) groups is 1. The molecule has 0 bridgehead atoms. The maximum atomic E-state index is 12.4. The molecule has 1 unspecified atom stereocenters. The van der Waals surface area contributed by atoms with Gasteiger partial charge in [-0.2, -0.15) is 0 Å².